The number of nitrogen functional groups attached to an aromatic ring is 1. The number of carbonyl (C=O) groups excluding carboxylic acids is 3. The highest BCUT2D eigenvalue weighted by atomic mass is 32.1. The second kappa shape index (κ2) is 10.6. The van der Waals surface area contributed by atoms with Gasteiger partial charge in [-0.05, 0) is 37.8 Å². The molecule has 0 spiro atoms. The van der Waals surface area contributed by atoms with E-state index >= 15 is 0 Å². The highest BCUT2D eigenvalue weighted by molar-refractivity contribution is 7.15. The Labute approximate surface area is 202 Å². The molecule has 34 heavy (non-hydrogen) atoms. The van der Waals surface area contributed by atoms with E-state index in [2.05, 4.69) is 29.5 Å². The summed E-state index contributed by atoms with van der Waals surface area (Å²) in [5, 5.41) is 5.92. The molecule has 3 aromatic heterocycles. The number of anilines is 3. The molecule has 2 amide bonds. The van der Waals surface area contributed by atoms with Crippen LogP contribution in [0.25, 0.3) is 0 Å². The number of thiazole rings is 1. The molecule has 3 heterocycles. The molecule has 0 unspecified atom stereocenters. The van der Waals surface area contributed by atoms with Gasteiger partial charge in [0.1, 0.15) is 17.1 Å². The Morgan fingerprint density at radius 1 is 1.06 bits per heavy atom. The Hall–Kier alpha value is -3.60. The third-order valence-electron chi connectivity index (χ3n) is 5.12. The Morgan fingerprint density at radius 2 is 1.65 bits per heavy atom. The lowest BCUT2D eigenvalue weighted by Gasteiger charge is -2.05. The number of ether oxygens (including phenoxy) is 1. The maximum atomic E-state index is 12.9. The number of hydrogen-bond acceptors (Lipinski definition) is 7. The largest absolute Gasteiger partial charge is 0.461 e. The van der Waals surface area contributed by atoms with Gasteiger partial charge in [-0.15, -0.1) is 11.3 Å². The van der Waals surface area contributed by atoms with Crippen LogP contribution < -0.4 is 16.4 Å². The molecule has 0 saturated heterocycles. The summed E-state index contributed by atoms with van der Waals surface area (Å²) in [5.41, 5.74) is 7.73. The number of nitrogens with two attached hydrogens (primary N) is 1. The topological polar surface area (TPSA) is 133 Å². The third kappa shape index (κ3) is 5.84. The average molecular weight is 487 g/mol. The van der Waals surface area contributed by atoms with Gasteiger partial charge in [-0.1, -0.05) is 13.8 Å². The molecule has 0 saturated carbocycles. The molecule has 4 N–H and O–H groups in total. The van der Waals surface area contributed by atoms with E-state index in [4.69, 9.17) is 10.5 Å². The number of aromatic nitrogens is 3. The number of rotatable bonds is 9. The lowest BCUT2D eigenvalue weighted by molar-refractivity contribution is 0.0515. The predicted octanol–water partition coefficient (Wildman–Crippen LogP) is 3.67. The quantitative estimate of drug-likeness (QED) is 0.395. The molecule has 0 bridgehead atoms. The molecule has 0 atom stereocenters. The van der Waals surface area contributed by atoms with Crippen molar-refractivity contribution in [1.82, 2.24) is 14.1 Å². The molecule has 182 valence electrons. The minimum absolute atomic E-state index is 0.260. The fourth-order valence-corrected chi connectivity index (χ4v) is 4.27. The van der Waals surface area contributed by atoms with E-state index in [0.717, 1.165) is 17.7 Å². The van der Waals surface area contributed by atoms with Crippen LogP contribution in [0.1, 0.15) is 63.5 Å². The van der Waals surface area contributed by atoms with E-state index in [1.807, 2.05) is 0 Å². The number of carbonyl (C=O) groups is 3. The molecule has 3 rings (SSSR count). The summed E-state index contributed by atoms with van der Waals surface area (Å²) < 4.78 is 8.21. The van der Waals surface area contributed by atoms with Gasteiger partial charge in [-0.25, -0.2) is 9.78 Å². The Kier molecular flexibility index (Phi) is 7.77. The molecule has 10 nitrogen and oxygen atoms in total. The molecule has 0 aliphatic heterocycles. The molecule has 0 radical (unpaired) electrons. The van der Waals surface area contributed by atoms with Crippen LogP contribution in [0.3, 0.4) is 0 Å². The van der Waals surface area contributed by atoms with Crippen molar-refractivity contribution in [1.29, 1.82) is 0 Å². The van der Waals surface area contributed by atoms with E-state index in [1.165, 1.54) is 11.3 Å². The highest BCUT2D eigenvalue weighted by Gasteiger charge is 2.20. The first-order valence-electron chi connectivity index (χ1n) is 11.0. The molecule has 3 aromatic rings. The number of nitrogens with zero attached hydrogens (tertiary/aromatic N) is 3. The monoisotopic (exact) mass is 486 g/mol. The maximum absolute atomic E-state index is 12.9. The van der Waals surface area contributed by atoms with Crippen molar-refractivity contribution in [3.8, 4) is 0 Å². The van der Waals surface area contributed by atoms with Crippen LogP contribution in [-0.2, 0) is 25.3 Å². The van der Waals surface area contributed by atoms with E-state index in [0.29, 0.717) is 39.5 Å². The van der Waals surface area contributed by atoms with E-state index in [9.17, 15) is 14.4 Å². The minimum atomic E-state index is -0.468. The maximum Gasteiger partial charge on any atom is 0.355 e. The highest BCUT2D eigenvalue weighted by Crippen LogP contribution is 2.25. The molecular weight excluding hydrogens is 456 g/mol. The summed E-state index contributed by atoms with van der Waals surface area (Å²) in [7, 11) is 3.40. The number of aryl methyl sites for hydroxylation is 3. The van der Waals surface area contributed by atoms with Crippen LogP contribution in [0.15, 0.2) is 24.5 Å². The first-order valence-corrected chi connectivity index (χ1v) is 11.8. The molecule has 0 aromatic carbocycles. The predicted molar refractivity (Wildman–Crippen MR) is 132 cm³/mol. The summed E-state index contributed by atoms with van der Waals surface area (Å²) in [5.74, 6) is -0.733. The van der Waals surface area contributed by atoms with Gasteiger partial charge in [0, 0.05) is 31.4 Å². The summed E-state index contributed by atoms with van der Waals surface area (Å²) in [6, 6.07) is 3.12. The van der Waals surface area contributed by atoms with Gasteiger partial charge < -0.3 is 30.2 Å². The van der Waals surface area contributed by atoms with Crippen molar-refractivity contribution in [2.45, 2.75) is 33.6 Å². The Morgan fingerprint density at radius 3 is 2.26 bits per heavy atom. The SMILES string of the molecule is CCOC(=O)c1cc(NC(=O)c2cc(NC(=O)c3nc(N)sc3CCC(C)C)cn2C)cn1C. The standard InChI is InChI=1S/C23H30N6O4S/c1-6-33-22(32)17-10-15(12-29(17)5)25-20(30)16-9-14(11-28(16)4)26-21(31)19-18(8-7-13(2)3)34-23(24)27-19/h9-13H,6-8H2,1-5H3,(H2,24,27)(H,25,30)(H,26,31). The van der Waals surface area contributed by atoms with Gasteiger partial charge in [-0.3, -0.25) is 9.59 Å². The van der Waals surface area contributed by atoms with Crippen molar-refractivity contribution in [3.63, 3.8) is 0 Å². The van der Waals surface area contributed by atoms with E-state index < -0.39 is 5.97 Å². The van der Waals surface area contributed by atoms with Gasteiger partial charge in [0.25, 0.3) is 11.8 Å². The van der Waals surface area contributed by atoms with Gasteiger partial charge >= 0.3 is 5.97 Å². The van der Waals surface area contributed by atoms with Gasteiger partial charge in [0.15, 0.2) is 5.13 Å². The zero-order valence-corrected chi connectivity index (χ0v) is 20.8. The van der Waals surface area contributed by atoms with Crippen molar-refractivity contribution in [2.75, 3.05) is 23.0 Å². The summed E-state index contributed by atoms with van der Waals surface area (Å²) in [6.07, 6.45) is 4.92. The van der Waals surface area contributed by atoms with Gasteiger partial charge in [0.05, 0.1) is 18.0 Å². The van der Waals surface area contributed by atoms with Crippen LogP contribution in [0.5, 0.6) is 0 Å². The molecular formula is C23H30N6O4S. The van der Waals surface area contributed by atoms with Crippen LogP contribution in [0.4, 0.5) is 16.5 Å². The van der Waals surface area contributed by atoms with Crippen molar-refractivity contribution in [3.05, 3.63) is 46.5 Å². The lowest BCUT2D eigenvalue weighted by Crippen LogP contribution is -2.15. The van der Waals surface area contributed by atoms with E-state index in [1.54, 1.807) is 54.7 Å². The minimum Gasteiger partial charge on any atom is -0.461 e. The van der Waals surface area contributed by atoms with Crippen LogP contribution in [0, 0.1) is 5.92 Å². The number of nitrogens with one attached hydrogen (secondary N) is 2. The molecule has 0 fully saturated rings. The smallest absolute Gasteiger partial charge is 0.355 e. The third-order valence-corrected chi connectivity index (χ3v) is 6.06. The fourth-order valence-electron chi connectivity index (χ4n) is 3.42. The second-order valence-electron chi connectivity index (χ2n) is 8.33. The van der Waals surface area contributed by atoms with Crippen LogP contribution in [-0.4, -0.2) is 38.5 Å². The van der Waals surface area contributed by atoms with E-state index in [-0.39, 0.29) is 18.4 Å². The Bertz CT molecular complexity index is 1210. The Balaban J connectivity index is 1.71. The number of esters is 1. The van der Waals surface area contributed by atoms with Crippen LogP contribution in [0.2, 0.25) is 0 Å². The molecule has 0 aliphatic rings. The molecule has 0 aliphatic carbocycles. The zero-order valence-electron chi connectivity index (χ0n) is 20.0. The first-order chi connectivity index (χ1) is 16.1. The lowest BCUT2D eigenvalue weighted by atomic mass is 10.1. The van der Waals surface area contributed by atoms with Gasteiger partial charge in [0.2, 0.25) is 0 Å². The summed E-state index contributed by atoms with van der Waals surface area (Å²) in [4.78, 5) is 42.7. The fraction of sp³-hybridized carbons (Fsp3) is 0.391. The van der Waals surface area contributed by atoms with Crippen LogP contribution >= 0.6 is 11.3 Å². The molecule has 11 heteroatoms. The number of hydrogen-bond donors (Lipinski definition) is 3. The van der Waals surface area contributed by atoms with Crippen molar-refractivity contribution in [2.24, 2.45) is 20.0 Å². The number of amides is 2. The van der Waals surface area contributed by atoms with Gasteiger partial charge in [-0.2, -0.15) is 0 Å². The summed E-state index contributed by atoms with van der Waals surface area (Å²) >= 11 is 1.32. The van der Waals surface area contributed by atoms with Crippen molar-refractivity contribution >= 4 is 45.6 Å². The average Bonchev–Trinajstić information content (AvgIpc) is 3.42. The zero-order chi connectivity index (χ0) is 25.0. The second-order valence-corrected chi connectivity index (χ2v) is 9.45. The summed E-state index contributed by atoms with van der Waals surface area (Å²) in [6.45, 7) is 6.23. The van der Waals surface area contributed by atoms with Crippen molar-refractivity contribution < 1.29 is 19.1 Å². The normalized spacial score (nSPS) is 11.0. The first kappa shape index (κ1) is 25.0.